The van der Waals surface area contributed by atoms with Crippen molar-refractivity contribution in [3.8, 4) is 0 Å². The highest BCUT2D eigenvalue weighted by molar-refractivity contribution is 5.71. The third-order valence-electron chi connectivity index (χ3n) is 11.3. The van der Waals surface area contributed by atoms with Gasteiger partial charge in [0.2, 0.25) is 0 Å². The Morgan fingerprint density at radius 2 is 0.607 bits per heavy atom. The first-order valence-electron chi connectivity index (χ1n) is 26.1. The molecule has 0 N–H and O–H groups in total. The molecule has 6 nitrogen and oxygen atoms in total. The van der Waals surface area contributed by atoms with Crippen molar-refractivity contribution in [1.29, 1.82) is 0 Å². The molecular weight excluding hydrogens is 757 g/mol. The summed E-state index contributed by atoms with van der Waals surface area (Å²) in [6.07, 6.45) is 59.5. The van der Waals surface area contributed by atoms with Crippen LogP contribution in [0.2, 0.25) is 0 Å². The van der Waals surface area contributed by atoms with Crippen LogP contribution in [0.1, 0.15) is 265 Å². The zero-order valence-corrected chi connectivity index (χ0v) is 40.4. The topological polar surface area (TPSA) is 78.9 Å². The van der Waals surface area contributed by atoms with E-state index in [0.717, 1.165) is 64.2 Å². The van der Waals surface area contributed by atoms with E-state index in [1.54, 1.807) is 0 Å². The zero-order chi connectivity index (χ0) is 44.4. The molecule has 0 aliphatic rings. The van der Waals surface area contributed by atoms with Gasteiger partial charge in [0.05, 0.1) is 0 Å². The van der Waals surface area contributed by atoms with E-state index >= 15 is 0 Å². The quantitative estimate of drug-likeness (QED) is 0.0263. The van der Waals surface area contributed by atoms with Gasteiger partial charge in [0.25, 0.3) is 0 Å². The Morgan fingerprint density at radius 3 is 0.984 bits per heavy atom. The highest BCUT2D eigenvalue weighted by Crippen LogP contribution is 2.15. The van der Waals surface area contributed by atoms with Gasteiger partial charge in [0.1, 0.15) is 13.2 Å². The minimum absolute atomic E-state index is 0.0862. The van der Waals surface area contributed by atoms with Gasteiger partial charge in [0, 0.05) is 19.3 Å². The smallest absolute Gasteiger partial charge is 0.306 e. The number of hydrogen-bond donors (Lipinski definition) is 0. The van der Waals surface area contributed by atoms with Crippen LogP contribution in [0.3, 0.4) is 0 Å². The first-order valence-corrected chi connectivity index (χ1v) is 26.1. The largest absolute Gasteiger partial charge is 0.462 e. The van der Waals surface area contributed by atoms with E-state index in [1.165, 1.54) is 154 Å². The molecule has 0 aromatic rings. The number of carbonyl (C=O) groups is 3. The van der Waals surface area contributed by atoms with Crippen LogP contribution in [0.15, 0.2) is 48.6 Å². The second kappa shape index (κ2) is 50.0. The lowest BCUT2D eigenvalue weighted by molar-refractivity contribution is -0.167. The van der Waals surface area contributed by atoms with Gasteiger partial charge in [-0.15, -0.1) is 0 Å². The van der Waals surface area contributed by atoms with Crippen LogP contribution >= 0.6 is 0 Å². The van der Waals surface area contributed by atoms with E-state index in [1.807, 2.05) is 0 Å². The molecule has 0 heterocycles. The van der Waals surface area contributed by atoms with E-state index in [-0.39, 0.29) is 37.5 Å². The predicted octanol–water partition coefficient (Wildman–Crippen LogP) is 17.1. The van der Waals surface area contributed by atoms with Crippen LogP contribution in [0.4, 0.5) is 0 Å². The van der Waals surface area contributed by atoms with Crippen molar-refractivity contribution in [1.82, 2.24) is 0 Å². The van der Waals surface area contributed by atoms with E-state index in [2.05, 4.69) is 69.4 Å². The summed E-state index contributed by atoms with van der Waals surface area (Å²) in [4.78, 5) is 37.9. The molecule has 0 spiro atoms. The first kappa shape index (κ1) is 58.4. The van der Waals surface area contributed by atoms with Crippen LogP contribution in [0, 0.1) is 0 Å². The standard InChI is InChI=1S/C55H98O6/c1-4-7-10-13-16-19-22-25-26-27-28-31-33-36-39-42-45-48-54(57)60-51-52(61-55(58)49-46-43-40-37-34-30-24-21-18-15-12-9-6-3)50-59-53(56)47-44-41-38-35-32-29-23-20-17-14-11-8-5-2/h16,19,25-26,28,31,36,39,52H,4-15,17-18,20-24,27,29-30,32-35,37-38,40-51H2,1-3H3/b19-16-,26-25-,31-28-,39-36-/t52-/m1/s1. The summed E-state index contributed by atoms with van der Waals surface area (Å²) in [5.41, 5.74) is 0. The van der Waals surface area contributed by atoms with Gasteiger partial charge in [-0.2, -0.15) is 0 Å². The fourth-order valence-electron chi connectivity index (χ4n) is 7.38. The van der Waals surface area contributed by atoms with Crippen molar-refractivity contribution in [2.24, 2.45) is 0 Å². The summed E-state index contributed by atoms with van der Waals surface area (Å²) >= 11 is 0. The Balaban J connectivity index is 4.43. The van der Waals surface area contributed by atoms with Crippen molar-refractivity contribution in [3.63, 3.8) is 0 Å². The zero-order valence-electron chi connectivity index (χ0n) is 40.4. The average molecular weight is 855 g/mol. The molecule has 0 amide bonds. The number of hydrogen-bond acceptors (Lipinski definition) is 6. The molecule has 0 unspecified atom stereocenters. The summed E-state index contributed by atoms with van der Waals surface area (Å²) in [6.45, 7) is 6.58. The molecule has 0 radical (unpaired) electrons. The molecule has 354 valence electrons. The summed E-state index contributed by atoms with van der Waals surface area (Å²) in [7, 11) is 0. The summed E-state index contributed by atoms with van der Waals surface area (Å²) < 4.78 is 16.8. The third kappa shape index (κ3) is 48.3. The fraction of sp³-hybridized carbons (Fsp3) is 0.800. The molecule has 6 heteroatoms. The van der Waals surface area contributed by atoms with Gasteiger partial charge in [-0.1, -0.05) is 236 Å². The number of esters is 3. The van der Waals surface area contributed by atoms with E-state index in [4.69, 9.17) is 14.2 Å². The van der Waals surface area contributed by atoms with E-state index in [9.17, 15) is 14.4 Å². The van der Waals surface area contributed by atoms with Gasteiger partial charge >= 0.3 is 17.9 Å². The Hall–Kier alpha value is -2.63. The SMILES string of the molecule is CCCCC/C=C\C/C=C\C/C=C\C/C=C\CCCC(=O)OC[C@@H](COC(=O)CCCCCCCCCCCCCCC)OC(=O)CCCCCCCCCCCCCCC. The van der Waals surface area contributed by atoms with Crippen LogP contribution in [0.5, 0.6) is 0 Å². The Labute approximate surface area is 378 Å². The number of rotatable bonds is 47. The molecule has 0 bridgehead atoms. The fourth-order valence-corrected chi connectivity index (χ4v) is 7.38. The summed E-state index contributed by atoms with van der Waals surface area (Å²) in [5, 5.41) is 0. The molecule has 0 aromatic carbocycles. The highest BCUT2D eigenvalue weighted by Gasteiger charge is 2.19. The van der Waals surface area contributed by atoms with Crippen molar-refractivity contribution in [2.45, 2.75) is 271 Å². The maximum atomic E-state index is 12.8. The Bertz CT molecular complexity index is 1070. The van der Waals surface area contributed by atoms with Crippen molar-refractivity contribution in [3.05, 3.63) is 48.6 Å². The predicted molar refractivity (Wildman–Crippen MR) is 261 cm³/mol. The number of ether oxygens (including phenoxy) is 3. The monoisotopic (exact) mass is 855 g/mol. The van der Waals surface area contributed by atoms with Crippen LogP contribution in [-0.2, 0) is 28.6 Å². The maximum absolute atomic E-state index is 12.8. The molecule has 0 fully saturated rings. The molecule has 0 aromatic heterocycles. The lowest BCUT2D eigenvalue weighted by Crippen LogP contribution is -2.30. The van der Waals surface area contributed by atoms with Gasteiger partial charge in [-0.3, -0.25) is 14.4 Å². The second-order valence-electron chi connectivity index (χ2n) is 17.4. The normalized spacial score (nSPS) is 12.4. The van der Waals surface area contributed by atoms with Crippen molar-refractivity contribution < 1.29 is 28.6 Å². The minimum Gasteiger partial charge on any atom is -0.462 e. The highest BCUT2D eigenvalue weighted by atomic mass is 16.6. The second-order valence-corrected chi connectivity index (χ2v) is 17.4. The maximum Gasteiger partial charge on any atom is 0.306 e. The molecule has 0 saturated heterocycles. The summed E-state index contributed by atoms with van der Waals surface area (Å²) in [5.74, 6) is -0.935. The molecule has 1 atom stereocenters. The van der Waals surface area contributed by atoms with Gasteiger partial charge < -0.3 is 14.2 Å². The molecule has 0 rings (SSSR count). The lowest BCUT2D eigenvalue weighted by Gasteiger charge is -2.18. The van der Waals surface area contributed by atoms with E-state index in [0.29, 0.717) is 19.3 Å². The molecule has 0 aliphatic heterocycles. The van der Waals surface area contributed by atoms with Gasteiger partial charge in [-0.25, -0.2) is 0 Å². The minimum atomic E-state index is -0.789. The number of allylic oxidation sites excluding steroid dienone is 8. The van der Waals surface area contributed by atoms with Crippen LogP contribution < -0.4 is 0 Å². The molecular formula is C55H98O6. The Kier molecular flexibility index (Phi) is 47.9. The molecule has 61 heavy (non-hydrogen) atoms. The first-order chi connectivity index (χ1) is 30.0. The molecule has 0 aliphatic carbocycles. The Morgan fingerprint density at radius 1 is 0.328 bits per heavy atom. The number of carbonyl (C=O) groups excluding carboxylic acids is 3. The van der Waals surface area contributed by atoms with Crippen LogP contribution in [0.25, 0.3) is 0 Å². The average Bonchev–Trinajstić information content (AvgIpc) is 3.26. The van der Waals surface area contributed by atoms with Crippen molar-refractivity contribution >= 4 is 17.9 Å². The van der Waals surface area contributed by atoms with E-state index < -0.39 is 6.10 Å². The van der Waals surface area contributed by atoms with Gasteiger partial charge in [-0.05, 0) is 57.8 Å². The van der Waals surface area contributed by atoms with Crippen molar-refractivity contribution in [2.75, 3.05) is 13.2 Å². The summed E-state index contributed by atoms with van der Waals surface area (Å²) in [6, 6.07) is 0. The number of unbranched alkanes of at least 4 members (excludes halogenated alkanes) is 28. The molecule has 0 saturated carbocycles. The lowest BCUT2D eigenvalue weighted by atomic mass is 10.0. The van der Waals surface area contributed by atoms with Gasteiger partial charge in [0.15, 0.2) is 6.10 Å². The third-order valence-corrected chi connectivity index (χ3v) is 11.3. The van der Waals surface area contributed by atoms with Crippen LogP contribution in [-0.4, -0.2) is 37.2 Å².